The van der Waals surface area contributed by atoms with Crippen molar-refractivity contribution < 1.29 is 29.5 Å². The van der Waals surface area contributed by atoms with Gasteiger partial charge in [0.25, 0.3) is 0 Å². The van der Waals surface area contributed by atoms with Crippen LogP contribution in [0, 0.1) is 5.92 Å². The molecule has 0 saturated heterocycles. The van der Waals surface area contributed by atoms with Gasteiger partial charge in [-0.05, 0) is 12.8 Å². The molecule has 0 aliphatic carbocycles. The highest BCUT2D eigenvalue weighted by Crippen LogP contribution is 1.91. The van der Waals surface area contributed by atoms with Crippen LogP contribution in [0.3, 0.4) is 0 Å². The standard InChI is InChI=1S/3C5H12O2.CH4/c1-5(3-6)4-7-2;1-3-5(6)4-7-2;1-3-5(4-6)7-2;/h3*5-6H,3-4H2,1-2H3;1H4. The molecular weight excluding hydrogens is 288 g/mol. The lowest BCUT2D eigenvalue weighted by Gasteiger charge is -2.06. The Morgan fingerprint density at radius 2 is 1.36 bits per heavy atom. The van der Waals surface area contributed by atoms with Crippen LogP contribution in [0.5, 0.6) is 0 Å². The summed E-state index contributed by atoms with van der Waals surface area (Å²) in [5.74, 6) is 0.282. The van der Waals surface area contributed by atoms with Crippen LogP contribution in [0.15, 0.2) is 0 Å². The number of methoxy groups -OCH3 is 3. The summed E-state index contributed by atoms with van der Waals surface area (Å²) in [4.78, 5) is 0. The summed E-state index contributed by atoms with van der Waals surface area (Å²) in [6, 6.07) is 0. The van der Waals surface area contributed by atoms with E-state index in [1.165, 1.54) is 0 Å². The summed E-state index contributed by atoms with van der Waals surface area (Å²) in [5.41, 5.74) is 0. The molecule has 0 aromatic carbocycles. The number of aliphatic hydroxyl groups excluding tert-OH is 3. The summed E-state index contributed by atoms with van der Waals surface area (Å²) in [6.07, 6.45) is 1.42. The lowest BCUT2D eigenvalue weighted by Crippen LogP contribution is -2.13. The van der Waals surface area contributed by atoms with Crippen LogP contribution in [-0.2, 0) is 14.2 Å². The molecule has 6 nitrogen and oxygen atoms in total. The van der Waals surface area contributed by atoms with Crippen molar-refractivity contribution in [3.05, 3.63) is 0 Å². The van der Waals surface area contributed by atoms with Gasteiger partial charge >= 0.3 is 0 Å². The van der Waals surface area contributed by atoms with Crippen LogP contribution >= 0.6 is 0 Å². The Balaban J connectivity index is -0.000000108. The first-order chi connectivity index (χ1) is 9.96. The second kappa shape index (κ2) is 25.7. The van der Waals surface area contributed by atoms with E-state index in [9.17, 15) is 0 Å². The van der Waals surface area contributed by atoms with Crippen molar-refractivity contribution in [3.8, 4) is 0 Å². The van der Waals surface area contributed by atoms with E-state index in [2.05, 4.69) is 4.74 Å². The molecular formula is C16H40O6. The highest BCUT2D eigenvalue weighted by molar-refractivity contribution is 4.47. The van der Waals surface area contributed by atoms with Crippen LogP contribution in [0.2, 0.25) is 0 Å². The molecule has 3 unspecified atom stereocenters. The fourth-order valence-corrected chi connectivity index (χ4v) is 1.02. The highest BCUT2D eigenvalue weighted by atomic mass is 16.5. The molecule has 0 amide bonds. The van der Waals surface area contributed by atoms with Crippen molar-refractivity contribution >= 4 is 0 Å². The van der Waals surface area contributed by atoms with Crippen LogP contribution < -0.4 is 0 Å². The summed E-state index contributed by atoms with van der Waals surface area (Å²) >= 11 is 0. The first kappa shape index (κ1) is 29.7. The third kappa shape index (κ3) is 28.0. The Morgan fingerprint density at radius 3 is 1.45 bits per heavy atom. The third-order valence-electron chi connectivity index (χ3n) is 2.59. The van der Waals surface area contributed by atoms with Gasteiger partial charge in [-0.2, -0.15) is 0 Å². The highest BCUT2D eigenvalue weighted by Gasteiger charge is 1.97. The molecule has 0 aliphatic heterocycles. The predicted molar refractivity (Wildman–Crippen MR) is 91.2 cm³/mol. The van der Waals surface area contributed by atoms with Crippen molar-refractivity contribution in [2.24, 2.45) is 5.92 Å². The molecule has 0 saturated carbocycles. The van der Waals surface area contributed by atoms with E-state index in [-0.39, 0.29) is 38.8 Å². The number of hydrogen-bond donors (Lipinski definition) is 3. The molecule has 0 bridgehead atoms. The van der Waals surface area contributed by atoms with E-state index in [1.807, 2.05) is 20.8 Å². The fraction of sp³-hybridized carbons (Fsp3) is 1.00. The molecule has 0 radical (unpaired) electrons. The number of ether oxygens (including phenoxy) is 3. The Bertz CT molecular complexity index is 147. The van der Waals surface area contributed by atoms with Crippen molar-refractivity contribution in [3.63, 3.8) is 0 Å². The van der Waals surface area contributed by atoms with Crippen LogP contribution in [-0.4, -0.2) is 75.3 Å². The molecule has 140 valence electrons. The first-order valence-corrected chi connectivity index (χ1v) is 7.37. The van der Waals surface area contributed by atoms with E-state index in [0.29, 0.717) is 13.2 Å². The Labute approximate surface area is 137 Å². The molecule has 3 N–H and O–H groups in total. The van der Waals surface area contributed by atoms with E-state index in [0.717, 1.165) is 12.8 Å². The van der Waals surface area contributed by atoms with E-state index >= 15 is 0 Å². The van der Waals surface area contributed by atoms with Crippen LogP contribution in [0.1, 0.15) is 41.0 Å². The zero-order valence-corrected chi connectivity index (χ0v) is 14.5. The van der Waals surface area contributed by atoms with Crippen molar-refractivity contribution in [1.82, 2.24) is 0 Å². The molecule has 0 aromatic rings. The third-order valence-corrected chi connectivity index (χ3v) is 2.59. The zero-order chi connectivity index (χ0) is 17.1. The van der Waals surface area contributed by atoms with Crippen LogP contribution in [0.4, 0.5) is 0 Å². The molecule has 22 heavy (non-hydrogen) atoms. The van der Waals surface area contributed by atoms with Gasteiger partial charge in [-0.3, -0.25) is 0 Å². The second-order valence-corrected chi connectivity index (χ2v) is 4.71. The van der Waals surface area contributed by atoms with Crippen LogP contribution in [0.25, 0.3) is 0 Å². The summed E-state index contributed by atoms with van der Waals surface area (Å²) in [7, 11) is 4.81. The van der Waals surface area contributed by atoms with Crippen molar-refractivity contribution in [2.75, 3.05) is 47.8 Å². The topological polar surface area (TPSA) is 88.4 Å². The Hall–Kier alpha value is -0.240. The molecule has 0 fully saturated rings. The maximum absolute atomic E-state index is 8.73. The zero-order valence-electron chi connectivity index (χ0n) is 14.5. The van der Waals surface area contributed by atoms with Gasteiger partial charge in [0.15, 0.2) is 0 Å². The van der Waals surface area contributed by atoms with Gasteiger partial charge in [-0.25, -0.2) is 0 Å². The van der Waals surface area contributed by atoms with Crippen molar-refractivity contribution in [1.29, 1.82) is 0 Å². The van der Waals surface area contributed by atoms with Gasteiger partial charge in [-0.15, -0.1) is 0 Å². The lowest BCUT2D eigenvalue weighted by molar-refractivity contribution is 0.0467. The fourth-order valence-electron chi connectivity index (χ4n) is 1.02. The molecule has 0 aromatic heterocycles. The SMILES string of the molecule is C.CCC(CO)OC.CCC(O)COC.COCC(C)CO. The normalized spacial score (nSPS) is 13.5. The largest absolute Gasteiger partial charge is 0.396 e. The van der Waals surface area contributed by atoms with E-state index in [1.54, 1.807) is 21.3 Å². The summed E-state index contributed by atoms with van der Waals surface area (Å²) < 4.78 is 14.2. The maximum Gasteiger partial charge on any atom is 0.0799 e. The molecule has 0 heterocycles. The molecule has 0 aliphatic rings. The smallest absolute Gasteiger partial charge is 0.0799 e. The molecule has 0 spiro atoms. The average molecular weight is 328 g/mol. The summed E-state index contributed by atoms with van der Waals surface area (Å²) in [5, 5.41) is 25.5. The van der Waals surface area contributed by atoms with E-state index in [4.69, 9.17) is 24.8 Å². The van der Waals surface area contributed by atoms with Gasteiger partial charge in [-0.1, -0.05) is 28.2 Å². The Kier molecular flexibility index (Phi) is 34.7. The van der Waals surface area contributed by atoms with Gasteiger partial charge in [0, 0.05) is 33.9 Å². The minimum absolute atomic E-state index is 0. The second-order valence-electron chi connectivity index (χ2n) is 4.71. The quantitative estimate of drug-likeness (QED) is 0.597. The maximum atomic E-state index is 8.73. The number of hydrogen-bond acceptors (Lipinski definition) is 6. The molecule has 6 heteroatoms. The van der Waals surface area contributed by atoms with Gasteiger partial charge in [0.05, 0.1) is 32.0 Å². The van der Waals surface area contributed by atoms with Crippen molar-refractivity contribution in [2.45, 2.75) is 53.2 Å². The number of rotatable bonds is 9. The van der Waals surface area contributed by atoms with E-state index < -0.39 is 0 Å². The Morgan fingerprint density at radius 1 is 0.864 bits per heavy atom. The lowest BCUT2D eigenvalue weighted by atomic mass is 10.2. The first-order valence-electron chi connectivity index (χ1n) is 7.37. The minimum Gasteiger partial charge on any atom is -0.396 e. The molecule has 3 atom stereocenters. The monoisotopic (exact) mass is 328 g/mol. The van der Waals surface area contributed by atoms with Gasteiger partial charge < -0.3 is 29.5 Å². The number of aliphatic hydroxyl groups is 3. The van der Waals surface area contributed by atoms with Gasteiger partial charge in [0.2, 0.25) is 0 Å². The average Bonchev–Trinajstić information content (AvgIpc) is 2.50. The summed E-state index contributed by atoms with van der Waals surface area (Å²) in [6.45, 7) is 7.28. The van der Waals surface area contributed by atoms with Gasteiger partial charge in [0.1, 0.15) is 0 Å². The predicted octanol–water partition coefficient (Wildman–Crippen LogP) is 1.70. The minimum atomic E-state index is -0.273. The molecule has 0 rings (SSSR count).